The number of unbranched alkanes of at least 4 members (excludes halogenated alkanes) is 1. The highest BCUT2D eigenvalue weighted by Crippen LogP contribution is 2.35. The van der Waals surface area contributed by atoms with Crippen molar-refractivity contribution in [1.29, 1.82) is 0 Å². The number of hydrogen-bond acceptors (Lipinski definition) is 5. The Morgan fingerprint density at radius 1 is 0.963 bits per heavy atom. The summed E-state index contributed by atoms with van der Waals surface area (Å²) in [6.45, 7) is 4.50. The van der Waals surface area contributed by atoms with Crippen LogP contribution in [0.5, 0.6) is 5.75 Å². The van der Waals surface area contributed by atoms with Crippen LogP contribution >= 0.6 is 0 Å². The van der Waals surface area contributed by atoms with Crippen molar-refractivity contribution in [3.63, 3.8) is 0 Å². The van der Waals surface area contributed by atoms with Gasteiger partial charge >= 0.3 is 5.97 Å². The molecule has 1 heterocycles. The predicted octanol–water partition coefficient (Wildman–Crippen LogP) is 4.28. The predicted molar refractivity (Wildman–Crippen MR) is 88.5 cm³/mol. The van der Waals surface area contributed by atoms with E-state index in [9.17, 15) is 22.4 Å². The number of ether oxygens (including phenoxy) is 2. The summed E-state index contributed by atoms with van der Waals surface area (Å²) in [7, 11) is 1.15. The number of esters is 1. The fourth-order valence-corrected chi connectivity index (χ4v) is 2.48. The van der Waals surface area contributed by atoms with Crippen LogP contribution in [-0.2, 0) is 4.74 Å². The number of hydrogen-bond donors (Lipinski definition) is 0. The van der Waals surface area contributed by atoms with E-state index in [-0.39, 0.29) is 23.6 Å². The lowest BCUT2D eigenvalue weighted by atomic mass is 10.1. The molecule has 0 atom stereocenters. The first-order chi connectivity index (χ1) is 12.7. The summed E-state index contributed by atoms with van der Waals surface area (Å²) in [5, 5.41) is 0. The van der Waals surface area contributed by atoms with Gasteiger partial charge in [0.05, 0.1) is 30.7 Å². The molecule has 146 valence electrons. The van der Waals surface area contributed by atoms with E-state index in [1.54, 1.807) is 0 Å². The van der Waals surface area contributed by atoms with Crippen molar-refractivity contribution in [3.05, 3.63) is 40.2 Å². The third-order valence-electron chi connectivity index (χ3n) is 3.85. The molecule has 0 fully saturated rings. The van der Waals surface area contributed by atoms with E-state index < -0.39 is 46.4 Å². The van der Waals surface area contributed by atoms with E-state index in [1.807, 2.05) is 6.92 Å². The summed E-state index contributed by atoms with van der Waals surface area (Å²) < 4.78 is 66.8. The van der Waals surface area contributed by atoms with Gasteiger partial charge < -0.3 is 9.47 Å². The number of carbonyl (C=O) groups excluding carboxylic acids is 1. The topological polar surface area (TPSA) is 61.3 Å². The van der Waals surface area contributed by atoms with Crippen molar-refractivity contribution in [2.24, 2.45) is 0 Å². The summed E-state index contributed by atoms with van der Waals surface area (Å²) in [5.41, 5.74) is -0.975. The number of nitrogens with zero attached hydrogens (tertiary/aromatic N) is 2. The Morgan fingerprint density at radius 2 is 1.48 bits per heavy atom. The molecule has 2 aromatic rings. The van der Waals surface area contributed by atoms with Crippen LogP contribution in [0.4, 0.5) is 17.6 Å². The van der Waals surface area contributed by atoms with Crippen LogP contribution in [0.25, 0.3) is 11.4 Å². The Labute approximate surface area is 153 Å². The second kappa shape index (κ2) is 8.32. The molecule has 5 nitrogen and oxygen atoms in total. The third-order valence-corrected chi connectivity index (χ3v) is 3.85. The average Bonchev–Trinajstić information content (AvgIpc) is 2.62. The zero-order chi connectivity index (χ0) is 20.3. The van der Waals surface area contributed by atoms with Crippen molar-refractivity contribution in [2.75, 3.05) is 13.7 Å². The van der Waals surface area contributed by atoms with Crippen LogP contribution < -0.4 is 4.74 Å². The number of halogens is 4. The normalized spacial score (nSPS) is 10.8. The Morgan fingerprint density at radius 3 is 1.93 bits per heavy atom. The molecule has 1 aromatic heterocycles. The Hall–Kier alpha value is -2.71. The van der Waals surface area contributed by atoms with Crippen molar-refractivity contribution in [3.8, 4) is 17.1 Å². The van der Waals surface area contributed by atoms with Crippen molar-refractivity contribution in [1.82, 2.24) is 9.97 Å². The van der Waals surface area contributed by atoms with Crippen molar-refractivity contribution >= 4 is 5.97 Å². The molecule has 0 aliphatic rings. The van der Waals surface area contributed by atoms with E-state index in [4.69, 9.17) is 4.74 Å². The minimum atomic E-state index is -1.68. The van der Waals surface area contributed by atoms with E-state index in [2.05, 4.69) is 14.7 Å². The van der Waals surface area contributed by atoms with Gasteiger partial charge in [-0.1, -0.05) is 13.3 Å². The summed E-state index contributed by atoms with van der Waals surface area (Å²) in [5.74, 6) is -9.15. The molecule has 0 unspecified atom stereocenters. The van der Waals surface area contributed by atoms with Gasteiger partial charge in [0.15, 0.2) is 23.2 Å². The van der Waals surface area contributed by atoms with Crippen molar-refractivity contribution < 1.29 is 31.8 Å². The first-order valence-corrected chi connectivity index (χ1v) is 8.17. The number of aryl methyl sites for hydroxylation is 2. The lowest BCUT2D eigenvalue weighted by Gasteiger charge is -2.14. The number of rotatable bonds is 6. The third kappa shape index (κ3) is 3.86. The van der Waals surface area contributed by atoms with Crippen LogP contribution in [0.1, 0.15) is 41.5 Å². The molecule has 0 radical (unpaired) electrons. The largest absolute Gasteiger partial charge is 0.487 e. The summed E-state index contributed by atoms with van der Waals surface area (Å²) >= 11 is 0. The second-order valence-corrected chi connectivity index (χ2v) is 5.75. The molecule has 0 amide bonds. The van der Waals surface area contributed by atoms with Gasteiger partial charge in [0.2, 0.25) is 11.6 Å². The highest BCUT2D eigenvalue weighted by molar-refractivity contribution is 5.91. The molecule has 27 heavy (non-hydrogen) atoms. The van der Waals surface area contributed by atoms with Crippen LogP contribution in [0.3, 0.4) is 0 Å². The molecule has 9 heteroatoms. The zero-order valence-electron chi connectivity index (χ0n) is 15.3. The fourth-order valence-electron chi connectivity index (χ4n) is 2.48. The highest BCUT2D eigenvalue weighted by Gasteiger charge is 2.30. The monoisotopic (exact) mass is 386 g/mol. The summed E-state index contributed by atoms with van der Waals surface area (Å²) in [6.07, 6.45) is 1.13. The summed E-state index contributed by atoms with van der Waals surface area (Å²) in [6, 6.07) is 0. The molecule has 0 aliphatic carbocycles. The second-order valence-electron chi connectivity index (χ2n) is 5.75. The maximum absolute atomic E-state index is 14.5. The highest BCUT2D eigenvalue weighted by atomic mass is 19.2. The van der Waals surface area contributed by atoms with Gasteiger partial charge in [-0.2, -0.15) is 8.78 Å². The number of methoxy groups -OCH3 is 1. The molecule has 0 spiro atoms. The maximum Gasteiger partial charge on any atom is 0.341 e. The van der Waals surface area contributed by atoms with E-state index in [0.717, 1.165) is 7.11 Å². The minimum absolute atomic E-state index is 0.00234. The molecule has 1 aromatic carbocycles. The zero-order valence-corrected chi connectivity index (χ0v) is 15.3. The van der Waals surface area contributed by atoms with Gasteiger partial charge in [-0.05, 0) is 20.3 Å². The Balaban J connectivity index is 2.62. The Kier molecular flexibility index (Phi) is 6.35. The molecule has 0 saturated heterocycles. The van der Waals surface area contributed by atoms with E-state index in [0.29, 0.717) is 12.8 Å². The number of aromatic nitrogens is 2. The summed E-state index contributed by atoms with van der Waals surface area (Å²) in [4.78, 5) is 19.4. The smallest absolute Gasteiger partial charge is 0.341 e. The van der Waals surface area contributed by atoms with Crippen LogP contribution in [0.15, 0.2) is 0 Å². The molecular weight excluding hydrogens is 368 g/mol. The van der Waals surface area contributed by atoms with Gasteiger partial charge in [0.1, 0.15) is 5.56 Å². The SMILES string of the molecule is CCCCOc1c(F)c(F)c(-c2nc(C)c(C(=O)OC)c(C)n2)c(F)c1F. The van der Waals surface area contributed by atoms with Crippen LogP contribution in [0.2, 0.25) is 0 Å². The van der Waals surface area contributed by atoms with E-state index in [1.165, 1.54) is 13.8 Å². The standard InChI is InChI=1S/C18H18F4N2O3/c1-5-6-7-27-16-14(21)12(19)11(13(20)15(16)22)17-23-8(2)10(9(3)24-17)18(25)26-4/h5-7H2,1-4H3. The van der Waals surface area contributed by atoms with Gasteiger partial charge in [0.25, 0.3) is 0 Å². The molecule has 0 bridgehead atoms. The molecular formula is C18H18F4N2O3. The Bertz CT molecular complexity index is 835. The molecule has 0 N–H and O–H groups in total. The van der Waals surface area contributed by atoms with Crippen LogP contribution in [0, 0.1) is 37.1 Å². The first kappa shape index (κ1) is 20.6. The minimum Gasteiger partial charge on any atom is -0.487 e. The fraction of sp³-hybridized carbons (Fsp3) is 0.389. The van der Waals surface area contributed by atoms with Gasteiger partial charge in [0, 0.05) is 0 Å². The average molecular weight is 386 g/mol. The quantitative estimate of drug-likeness (QED) is 0.321. The first-order valence-electron chi connectivity index (χ1n) is 8.17. The van der Waals surface area contributed by atoms with Crippen molar-refractivity contribution in [2.45, 2.75) is 33.6 Å². The van der Waals surface area contributed by atoms with Gasteiger partial charge in [-0.25, -0.2) is 23.5 Å². The lowest BCUT2D eigenvalue weighted by Crippen LogP contribution is -2.13. The van der Waals surface area contributed by atoms with Gasteiger partial charge in [-0.15, -0.1) is 0 Å². The molecule has 2 rings (SSSR count). The maximum atomic E-state index is 14.5. The van der Waals surface area contributed by atoms with E-state index >= 15 is 0 Å². The van der Waals surface area contributed by atoms with Gasteiger partial charge in [-0.3, -0.25) is 0 Å². The number of benzene rings is 1. The lowest BCUT2D eigenvalue weighted by molar-refractivity contribution is 0.0598. The molecule has 0 aliphatic heterocycles. The number of carbonyl (C=O) groups is 1. The van der Waals surface area contributed by atoms with Crippen LogP contribution in [-0.4, -0.2) is 29.7 Å². The molecule has 0 saturated carbocycles.